The van der Waals surface area contributed by atoms with Crippen LogP contribution in [0.4, 0.5) is 10.8 Å². The summed E-state index contributed by atoms with van der Waals surface area (Å²) in [6.07, 6.45) is 1.68. The molecule has 0 amide bonds. The Kier molecular flexibility index (Phi) is 3.26. The van der Waals surface area contributed by atoms with Gasteiger partial charge in [-0.3, -0.25) is 0 Å². The summed E-state index contributed by atoms with van der Waals surface area (Å²) in [6, 6.07) is 14.2. The summed E-state index contributed by atoms with van der Waals surface area (Å²) >= 11 is 1.44. The maximum Gasteiger partial charge on any atom is 0.179 e. The summed E-state index contributed by atoms with van der Waals surface area (Å²) in [5, 5.41) is 4.90. The van der Waals surface area contributed by atoms with Gasteiger partial charge in [-0.25, -0.2) is 4.98 Å². The van der Waals surface area contributed by atoms with Crippen LogP contribution < -0.4 is 11.5 Å². The van der Waals surface area contributed by atoms with E-state index in [0.717, 1.165) is 16.7 Å². The van der Waals surface area contributed by atoms with Gasteiger partial charge in [0.25, 0.3) is 0 Å². The molecule has 4 nitrogen and oxygen atoms in total. The van der Waals surface area contributed by atoms with E-state index in [0.29, 0.717) is 5.13 Å². The number of hydrogen-bond donors (Lipinski definition) is 3. The van der Waals surface area contributed by atoms with Crippen molar-refractivity contribution >= 4 is 44.0 Å². The molecular weight excluding hydrogens is 268 g/mol. The Bertz CT molecular complexity index is 833. The van der Waals surface area contributed by atoms with Gasteiger partial charge in [-0.2, -0.15) is 0 Å². The molecule has 0 spiro atoms. The van der Waals surface area contributed by atoms with E-state index in [9.17, 15) is 0 Å². The molecule has 0 aliphatic heterocycles. The van der Waals surface area contributed by atoms with Gasteiger partial charge in [0.2, 0.25) is 0 Å². The Morgan fingerprint density at radius 1 is 0.950 bits per heavy atom. The lowest BCUT2D eigenvalue weighted by atomic mass is 10.1. The second kappa shape index (κ2) is 5.22. The largest absolute Gasteiger partial charge is 0.397 e. The topological polar surface area (TPSA) is 80.7 Å². The SMILES string of the molecule is Nc1cccc2c1[nH]c1ccccc12.Nc1nccs1. The first-order chi connectivity index (χ1) is 9.75. The molecule has 0 radical (unpaired) electrons. The van der Waals surface area contributed by atoms with E-state index in [4.69, 9.17) is 11.5 Å². The zero-order valence-corrected chi connectivity index (χ0v) is 11.5. The van der Waals surface area contributed by atoms with Gasteiger partial charge in [0.15, 0.2) is 5.13 Å². The van der Waals surface area contributed by atoms with E-state index in [1.165, 1.54) is 22.1 Å². The summed E-state index contributed by atoms with van der Waals surface area (Å²) in [7, 11) is 0. The standard InChI is InChI=1S/C12H10N2.C3H4N2S/c13-10-6-3-5-9-8-4-1-2-7-11(8)14-12(9)10;4-3-5-1-2-6-3/h1-7,14H,13H2;1-2H,(H2,4,5). The average Bonchev–Trinajstić information content (AvgIpc) is 3.07. The van der Waals surface area contributed by atoms with Crippen molar-refractivity contribution in [3.05, 3.63) is 54.0 Å². The van der Waals surface area contributed by atoms with Crippen molar-refractivity contribution in [3.8, 4) is 0 Å². The van der Waals surface area contributed by atoms with Crippen LogP contribution in [0.5, 0.6) is 0 Å². The molecule has 2 aromatic heterocycles. The van der Waals surface area contributed by atoms with Crippen molar-refractivity contribution in [1.82, 2.24) is 9.97 Å². The number of rotatable bonds is 0. The maximum atomic E-state index is 5.89. The Morgan fingerprint density at radius 2 is 1.75 bits per heavy atom. The van der Waals surface area contributed by atoms with Crippen LogP contribution in [0.3, 0.4) is 0 Å². The van der Waals surface area contributed by atoms with Gasteiger partial charge in [-0.05, 0) is 12.1 Å². The molecule has 0 bridgehead atoms. The molecule has 20 heavy (non-hydrogen) atoms. The smallest absolute Gasteiger partial charge is 0.179 e. The third kappa shape index (κ3) is 2.31. The summed E-state index contributed by atoms with van der Waals surface area (Å²) in [6.45, 7) is 0. The third-order valence-corrected chi connectivity index (χ3v) is 3.63. The van der Waals surface area contributed by atoms with E-state index in [-0.39, 0.29) is 0 Å². The molecule has 0 fully saturated rings. The molecule has 5 N–H and O–H groups in total. The highest BCUT2D eigenvalue weighted by atomic mass is 32.1. The first kappa shape index (κ1) is 12.5. The number of nitrogens with zero attached hydrogens (tertiary/aromatic N) is 1. The second-order valence-electron chi connectivity index (χ2n) is 4.31. The number of aromatic nitrogens is 2. The molecule has 4 rings (SSSR count). The lowest BCUT2D eigenvalue weighted by Gasteiger charge is -1.93. The Labute approximate surface area is 120 Å². The summed E-state index contributed by atoms with van der Waals surface area (Å²) in [5.74, 6) is 0. The van der Waals surface area contributed by atoms with Gasteiger partial charge >= 0.3 is 0 Å². The highest BCUT2D eigenvalue weighted by molar-refractivity contribution is 7.13. The summed E-state index contributed by atoms with van der Waals surface area (Å²) < 4.78 is 0. The number of benzene rings is 2. The van der Waals surface area contributed by atoms with E-state index < -0.39 is 0 Å². The van der Waals surface area contributed by atoms with Crippen LogP contribution in [0.15, 0.2) is 54.0 Å². The highest BCUT2D eigenvalue weighted by Crippen LogP contribution is 2.28. The number of nitrogens with two attached hydrogens (primary N) is 2. The van der Waals surface area contributed by atoms with Crippen LogP contribution in [0.25, 0.3) is 21.8 Å². The first-order valence-electron chi connectivity index (χ1n) is 6.15. The molecule has 2 heterocycles. The summed E-state index contributed by atoms with van der Waals surface area (Å²) in [5.41, 5.74) is 14.1. The van der Waals surface area contributed by atoms with Crippen LogP contribution in [0.1, 0.15) is 0 Å². The van der Waals surface area contributed by atoms with Crippen LogP contribution in [0, 0.1) is 0 Å². The quantitative estimate of drug-likeness (QED) is 0.431. The zero-order valence-electron chi connectivity index (χ0n) is 10.7. The number of H-pyrrole nitrogens is 1. The molecule has 2 aromatic carbocycles. The molecule has 0 saturated carbocycles. The van der Waals surface area contributed by atoms with Gasteiger partial charge < -0.3 is 16.5 Å². The second-order valence-corrected chi connectivity index (χ2v) is 5.24. The van der Waals surface area contributed by atoms with Crippen molar-refractivity contribution in [2.24, 2.45) is 0 Å². The Balaban J connectivity index is 0.000000170. The van der Waals surface area contributed by atoms with E-state index in [1.807, 2.05) is 29.6 Å². The number of nitrogen functional groups attached to an aromatic ring is 2. The van der Waals surface area contributed by atoms with Gasteiger partial charge in [0.05, 0.1) is 11.2 Å². The number of hydrogen-bond acceptors (Lipinski definition) is 4. The Morgan fingerprint density at radius 3 is 2.45 bits per heavy atom. The monoisotopic (exact) mass is 282 g/mol. The minimum Gasteiger partial charge on any atom is -0.397 e. The number of aromatic amines is 1. The van der Waals surface area contributed by atoms with Crippen molar-refractivity contribution < 1.29 is 0 Å². The predicted molar refractivity (Wildman–Crippen MR) is 86.7 cm³/mol. The fourth-order valence-corrected chi connectivity index (χ4v) is 2.51. The molecule has 4 aromatic rings. The van der Waals surface area contributed by atoms with Crippen LogP contribution in [-0.2, 0) is 0 Å². The van der Waals surface area contributed by atoms with Gasteiger partial charge in [-0.15, -0.1) is 11.3 Å². The molecule has 0 unspecified atom stereocenters. The van der Waals surface area contributed by atoms with Crippen molar-refractivity contribution in [2.45, 2.75) is 0 Å². The molecule has 5 heteroatoms. The van der Waals surface area contributed by atoms with E-state index in [1.54, 1.807) is 6.20 Å². The zero-order chi connectivity index (χ0) is 13.9. The fourth-order valence-electron chi connectivity index (χ4n) is 2.13. The van der Waals surface area contributed by atoms with Crippen LogP contribution >= 0.6 is 11.3 Å². The van der Waals surface area contributed by atoms with Crippen molar-refractivity contribution in [2.75, 3.05) is 11.5 Å². The van der Waals surface area contributed by atoms with Crippen LogP contribution in [0.2, 0.25) is 0 Å². The number of para-hydroxylation sites is 2. The van der Waals surface area contributed by atoms with Crippen molar-refractivity contribution in [3.63, 3.8) is 0 Å². The van der Waals surface area contributed by atoms with Gasteiger partial charge in [0, 0.05) is 27.9 Å². The number of fused-ring (bicyclic) bond motifs is 3. The normalized spacial score (nSPS) is 10.4. The minimum atomic E-state index is 0.634. The molecule has 0 saturated heterocycles. The average molecular weight is 282 g/mol. The van der Waals surface area contributed by atoms with Crippen LogP contribution in [-0.4, -0.2) is 9.97 Å². The predicted octanol–water partition coefficient (Wildman–Crippen LogP) is 3.63. The highest BCUT2D eigenvalue weighted by Gasteiger charge is 2.04. The fraction of sp³-hybridized carbons (Fsp3) is 0. The first-order valence-corrected chi connectivity index (χ1v) is 7.03. The molecule has 0 aliphatic rings. The molecular formula is C15H14N4S. The minimum absolute atomic E-state index is 0.634. The van der Waals surface area contributed by atoms with Gasteiger partial charge in [0.1, 0.15) is 0 Å². The van der Waals surface area contributed by atoms with Gasteiger partial charge in [-0.1, -0.05) is 30.3 Å². The maximum absolute atomic E-state index is 5.89. The number of nitrogens with one attached hydrogen (secondary N) is 1. The number of thiazole rings is 1. The lowest BCUT2D eigenvalue weighted by molar-refractivity contribution is 1.43. The lowest BCUT2D eigenvalue weighted by Crippen LogP contribution is -1.84. The molecule has 100 valence electrons. The molecule has 0 aliphatic carbocycles. The number of anilines is 2. The summed E-state index contributed by atoms with van der Waals surface area (Å²) in [4.78, 5) is 7.03. The van der Waals surface area contributed by atoms with Crippen molar-refractivity contribution in [1.29, 1.82) is 0 Å². The van der Waals surface area contributed by atoms with E-state index in [2.05, 4.69) is 28.2 Å². The third-order valence-electron chi connectivity index (χ3n) is 3.03. The molecule has 0 atom stereocenters. The van der Waals surface area contributed by atoms with E-state index >= 15 is 0 Å². The Hall–Kier alpha value is -2.53.